The van der Waals surface area contributed by atoms with E-state index in [1.165, 1.54) is 6.20 Å². The zero-order valence-electron chi connectivity index (χ0n) is 7.43. The van der Waals surface area contributed by atoms with E-state index in [0.29, 0.717) is 13.0 Å². The molecule has 0 radical (unpaired) electrons. The first kappa shape index (κ1) is 10.1. The highest BCUT2D eigenvalue weighted by Crippen LogP contribution is 2.14. The van der Waals surface area contributed by atoms with Crippen LogP contribution in [-0.2, 0) is 0 Å². The van der Waals surface area contributed by atoms with E-state index in [2.05, 4.69) is 10.9 Å². The first-order valence-corrected chi connectivity index (χ1v) is 4.00. The molecule has 0 aromatic carbocycles. The second kappa shape index (κ2) is 4.87. The molecule has 0 unspecified atom stereocenters. The van der Waals surface area contributed by atoms with Gasteiger partial charge in [0.25, 0.3) is 0 Å². The molecule has 1 rings (SSSR count). The van der Waals surface area contributed by atoms with E-state index in [4.69, 9.17) is 16.3 Å². The molecule has 0 spiro atoms. The molecular weight excluding hydrogens is 182 g/mol. The third-order valence-corrected chi connectivity index (χ3v) is 1.48. The number of carbonyl (C=O) groups is 1. The molecule has 0 aliphatic rings. The lowest BCUT2D eigenvalue weighted by Gasteiger charge is -2.05. The Kier molecular flexibility index (Phi) is 3.50. The third-order valence-electron chi connectivity index (χ3n) is 1.48. The van der Waals surface area contributed by atoms with Gasteiger partial charge in [-0.2, -0.15) is 0 Å². The number of carboxylic acids is 1. The van der Waals surface area contributed by atoms with Gasteiger partial charge < -0.3 is 9.84 Å². The first-order chi connectivity index (χ1) is 6.75. The van der Waals surface area contributed by atoms with Crippen molar-refractivity contribution >= 4 is 5.97 Å². The van der Waals surface area contributed by atoms with Crippen molar-refractivity contribution in [3.8, 4) is 18.1 Å². The predicted molar refractivity (Wildman–Crippen MR) is 50.1 cm³/mol. The Hall–Kier alpha value is -2.02. The number of carboxylic acid groups (broad SMARTS) is 1. The number of nitrogens with zero attached hydrogens (tertiary/aromatic N) is 1. The number of hydrogen-bond acceptors (Lipinski definition) is 3. The molecule has 0 atom stereocenters. The number of terminal acetylenes is 1. The number of pyridine rings is 1. The fraction of sp³-hybridized carbons (Fsp3) is 0.200. The minimum atomic E-state index is -1.11. The van der Waals surface area contributed by atoms with Gasteiger partial charge in [0, 0.05) is 12.6 Å². The van der Waals surface area contributed by atoms with Gasteiger partial charge in [0.05, 0.1) is 6.61 Å². The van der Waals surface area contributed by atoms with Crippen LogP contribution in [0.2, 0.25) is 0 Å². The van der Waals surface area contributed by atoms with Crippen molar-refractivity contribution < 1.29 is 14.6 Å². The lowest BCUT2D eigenvalue weighted by Crippen LogP contribution is -2.05. The second-order valence-electron chi connectivity index (χ2n) is 2.46. The van der Waals surface area contributed by atoms with Crippen molar-refractivity contribution in [1.29, 1.82) is 0 Å². The molecule has 1 N–H and O–H groups in total. The standard InChI is InChI=1S/C10H9NO3/c1-2-3-7-14-8-5-4-6-11-9(8)10(12)13/h1,4-6H,3,7H2,(H,12,13). The van der Waals surface area contributed by atoms with Crippen molar-refractivity contribution in [3.63, 3.8) is 0 Å². The molecule has 0 saturated carbocycles. The fourth-order valence-electron chi connectivity index (χ4n) is 0.888. The van der Waals surface area contributed by atoms with Crippen molar-refractivity contribution in [2.45, 2.75) is 6.42 Å². The largest absolute Gasteiger partial charge is 0.490 e. The van der Waals surface area contributed by atoms with Crippen molar-refractivity contribution in [2.24, 2.45) is 0 Å². The summed E-state index contributed by atoms with van der Waals surface area (Å²) in [4.78, 5) is 14.4. The molecule has 4 nitrogen and oxygen atoms in total. The summed E-state index contributed by atoms with van der Waals surface area (Å²) in [6.07, 6.45) is 6.87. The van der Waals surface area contributed by atoms with E-state index < -0.39 is 5.97 Å². The molecule has 0 saturated heterocycles. The van der Waals surface area contributed by atoms with E-state index in [1.54, 1.807) is 12.1 Å². The fourth-order valence-corrected chi connectivity index (χ4v) is 0.888. The molecule has 14 heavy (non-hydrogen) atoms. The van der Waals surface area contributed by atoms with Gasteiger partial charge in [-0.15, -0.1) is 12.3 Å². The van der Waals surface area contributed by atoms with Gasteiger partial charge in [0.2, 0.25) is 0 Å². The van der Waals surface area contributed by atoms with Gasteiger partial charge in [-0.1, -0.05) is 0 Å². The van der Waals surface area contributed by atoms with Crippen molar-refractivity contribution in [1.82, 2.24) is 4.98 Å². The third kappa shape index (κ3) is 2.49. The molecule has 1 aromatic heterocycles. The predicted octanol–water partition coefficient (Wildman–Crippen LogP) is 1.18. The molecule has 4 heteroatoms. The highest BCUT2D eigenvalue weighted by atomic mass is 16.5. The molecule has 0 bridgehead atoms. The van der Waals surface area contributed by atoms with Crippen LogP contribution in [0.4, 0.5) is 0 Å². The molecule has 0 amide bonds. The number of ether oxygens (including phenoxy) is 1. The van der Waals surface area contributed by atoms with Crippen LogP contribution in [0.25, 0.3) is 0 Å². The number of aromatic nitrogens is 1. The number of rotatable bonds is 4. The minimum absolute atomic E-state index is 0.0930. The van der Waals surface area contributed by atoms with Gasteiger partial charge in [0.15, 0.2) is 11.4 Å². The van der Waals surface area contributed by atoms with Crippen LogP contribution < -0.4 is 4.74 Å². The van der Waals surface area contributed by atoms with Crippen LogP contribution in [0.3, 0.4) is 0 Å². The van der Waals surface area contributed by atoms with Crippen LogP contribution in [0.15, 0.2) is 18.3 Å². The summed E-state index contributed by atoms with van der Waals surface area (Å²) >= 11 is 0. The maximum atomic E-state index is 10.7. The van der Waals surface area contributed by atoms with E-state index in [-0.39, 0.29) is 11.4 Å². The maximum absolute atomic E-state index is 10.7. The normalized spacial score (nSPS) is 9.07. The Bertz CT molecular complexity index is 368. The molecule has 0 aliphatic heterocycles. The Morgan fingerprint density at radius 2 is 2.50 bits per heavy atom. The van der Waals surface area contributed by atoms with Crippen LogP contribution in [0, 0.1) is 12.3 Å². The van der Waals surface area contributed by atoms with Crippen LogP contribution in [0.1, 0.15) is 16.9 Å². The molecular formula is C10H9NO3. The molecule has 72 valence electrons. The van der Waals surface area contributed by atoms with Gasteiger partial charge >= 0.3 is 5.97 Å². The van der Waals surface area contributed by atoms with Crippen molar-refractivity contribution in [3.05, 3.63) is 24.0 Å². The topological polar surface area (TPSA) is 59.4 Å². The highest BCUT2D eigenvalue weighted by Gasteiger charge is 2.11. The molecule has 0 fully saturated rings. The lowest BCUT2D eigenvalue weighted by atomic mass is 10.3. The summed E-state index contributed by atoms with van der Waals surface area (Å²) in [6, 6.07) is 3.16. The van der Waals surface area contributed by atoms with Crippen LogP contribution in [-0.4, -0.2) is 22.7 Å². The average Bonchev–Trinajstić information content (AvgIpc) is 2.19. The van der Waals surface area contributed by atoms with Crippen LogP contribution in [0.5, 0.6) is 5.75 Å². The summed E-state index contributed by atoms with van der Waals surface area (Å²) in [5.41, 5.74) is -0.0930. The lowest BCUT2D eigenvalue weighted by molar-refractivity contribution is 0.0685. The Morgan fingerprint density at radius 1 is 1.71 bits per heavy atom. The van der Waals surface area contributed by atoms with Gasteiger partial charge in [-0.05, 0) is 12.1 Å². The smallest absolute Gasteiger partial charge is 0.358 e. The summed E-state index contributed by atoms with van der Waals surface area (Å²) in [5, 5.41) is 8.74. The Labute approximate surface area is 81.5 Å². The summed E-state index contributed by atoms with van der Waals surface area (Å²) in [7, 11) is 0. The van der Waals surface area contributed by atoms with Gasteiger partial charge in [-0.25, -0.2) is 9.78 Å². The zero-order valence-corrected chi connectivity index (χ0v) is 7.43. The quantitative estimate of drug-likeness (QED) is 0.573. The minimum Gasteiger partial charge on any atom is -0.490 e. The highest BCUT2D eigenvalue weighted by molar-refractivity contribution is 5.88. The Balaban J connectivity index is 2.75. The van der Waals surface area contributed by atoms with Gasteiger partial charge in [-0.3, -0.25) is 0 Å². The zero-order chi connectivity index (χ0) is 10.4. The summed E-state index contributed by atoms with van der Waals surface area (Å²) < 4.78 is 5.15. The molecule has 1 heterocycles. The maximum Gasteiger partial charge on any atom is 0.358 e. The first-order valence-electron chi connectivity index (χ1n) is 4.00. The second-order valence-corrected chi connectivity index (χ2v) is 2.46. The molecule has 0 aliphatic carbocycles. The van der Waals surface area contributed by atoms with Crippen molar-refractivity contribution in [2.75, 3.05) is 6.61 Å². The SMILES string of the molecule is C#CCCOc1cccnc1C(=O)O. The van der Waals surface area contributed by atoms with Gasteiger partial charge in [0.1, 0.15) is 0 Å². The van der Waals surface area contributed by atoms with E-state index >= 15 is 0 Å². The molecule has 1 aromatic rings. The summed E-state index contributed by atoms with van der Waals surface area (Å²) in [6.45, 7) is 0.294. The van der Waals surface area contributed by atoms with E-state index in [0.717, 1.165) is 0 Å². The van der Waals surface area contributed by atoms with E-state index in [9.17, 15) is 4.79 Å². The average molecular weight is 191 g/mol. The van der Waals surface area contributed by atoms with Crippen LogP contribution >= 0.6 is 0 Å². The number of aromatic carboxylic acids is 1. The summed E-state index contributed by atoms with van der Waals surface area (Å²) in [5.74, 6) is 1.53. The monoisotopic (exact) mass is 191 g/mol. The Morgan fingerprint density at radius 3 is 3.14 bits per heavy atom. The van der Waals surface area contributed by atoms with E-state index in [1.807, 2.05) is 0 Å². The number of hydrogen-bond donors (Lipinski definition) is 1.